The molecule has 2 aliphatic rings. The second kappa shape index (κ2) is 10.4. The van der Waals surface area contributed by atoms with Crippen LogP contribution in [0.25, 0.3) is 0 Å². The van der Waals surface area contributed by atoms with Crippen molar-refractivity contribution in [3.8, 4) is 0 Å². The van der Waals surface area contributed by atoms with E-state index in [-0.39, 0.29) is 11.7 Å². The smallest absolute Gasteiger partial charge is 0.225 e. The summed E-state index contributed by atoms with van der Waals surface area (Å²) in [7, 11) is 2.14. The van der Waals surface area contributed by atoms with E-state index in [4.69, 9.17) is 0 Å². The van der Waals surface area contributed by atoms with Crippen LogP contribution >= 0.6 is 0 Å². The maximum Gasteiger partial charge on any atom is 0.225 e. The Morgan fingerprint density at radius 3 is 2.71 bits per heavy atom. The molecule has 0 aromatic heterocycles. The van der Waals surface area contributed by atoms with Gasteiger partial charge in [0.25, 0.3) is 0 Å². The number of piperidine rings is 2. The fourth-order valence-corrected chi connectivity index (χ4v) is 4.68. The Labute approximate surface area is 169 Å². The Balaban J connectivity index is 1.48. The number of nitrogens with zero attached hydrogens (tertiary/aromatic N) is 3. The van der Waals surface area contributed by atoms with Crippen LogP contribution in [0.5, 0.6) is 0 Å². The third-order valence-corrected chi connectivity index (χ3v) is 6.45. The van der Waals surface area contributed by atoms with Gasteiger partial charge >= 0.3 is 0 Å². The highest BCUT2D eigenvalue weighted by Gasteiger charge is 2.29. The molecule has 0 saturated carbocycles. The van der Waals surface area contributed by atoms with Crippen molar-refractivity contribution >= 4 is 5.91 Å². The van der Waals surface area contributed by atoms with Gasteiger partial charge in [-0.3, -0.25) is 4.79 Å². The summed E-state index contributed by atoms with van der Waals surface area (Å²) in [5.41, 5.74) is 1.06. The third kappa shape index (κ3) is 6.02. The summed E-state index contributed by atoms with van der Waals surface area (Å²) in [6.07, 6.45) is 5.27. The van der Waals surface area contributed by atoms with Gasteiger partial charge in [0.2, 0.25) is 5.91 Å². The number of amides is 1. The van der Waals surface area contributed by atoms with Crippen molar-refractivity contribution in [2.45, 2.75) is 39.0 Å². The van der Waals surface area contributed by atoms with E-state index in [9.17, 15) is 9.18 Å². The fourth-order valence-electron chi connectivity index (χ4n) is 4.68. The minimum Gasteiger partial charge on any atom is -0.342 e. The molecule has 5 heteroatoms. The zero-order chi connectivity index (χ0) is 19.9. The topological polar surface area (TPSA) is 26.8 Å². The molecule has 1 aromatic carbocycles. The molecule has 0 bridgehead atoms. The Morgan fingerprint density at radius 1 is 1.21 bits per heavy atom. The molecule has 1 atom stereocenters. The molecule has 0 aliphatic carbocycles. The third-order valence-electron chi connectivity index (χ3n) is 6.45. The second-order valence-electron chi connectivity index (χ2n) is 8.64. The van der Waals surface area contributed by atoms with Crippen LogP contribution in [0.4, 0.5) is 4.39 Å². The van der Waals surface area contributed by atoms with Gasteiger partial charge in [0.15, 0.2) is 0 Å². The molecular weight excluding hydrogens is 353 g/mol. The molecule has 4 nitrogen and oxygen atoms in total. The molecule has 0 radical (unpaired) electrons. The molecule has 2 aliphatic heterocycles. The first-order valence-electron chi connectivity index (χ1n) is 11.0. The maximum atomic E-state index is 13.4. The lowest BCUT2D eigenvalue weighted by molar-refractivity contribution is -0.137. The number of carbonyl (C=O) groups excluding carboxylic acids is 1. The first kappa shape index (κ1) is 21.3. The van der Waals surface area contributed by atoms with Crippen LogP contribution in [0, 0.1) is 17.7 Å². The summed E-state index contributed by atoms with van der Waals surface area (Å²) in [6.45, 7) is 9.00. The van der Waals surface area contributed by atoms with Crippen LogP contribution < -0.4 is 0 Å². The molecule has 3 rings (SSSR count). The first-order chi connectivity index (χ1) is 13.5. The summed E-state index contributed by atoms with van der Waals surface area (Å²) < 4.78 is 13.4. The van der Waals surface area contributed by atoms with Crippen molar-refractivity contribution in [2.24, 2.45) is 11.8 Å². The van der Waals surface area contributed by atoms with Gasteiger partial charge < -0.3 is 14.7 Å². The zero-order valence-electron chi connectivity index (χ0n) is 17.6. The average Bonchev–Trinajstić information content (AvgIpc) is 2.71. The number of halogens is 1. The zero-order valence-corrected chi connectivity index (χ0v) is 17.6. The fraction of sp³-hybridized carbons (Fsp3) is 0.696. The molecule has 156 valence electrons. The van der Waals surface area contributed by atoms with Crippen molar-refractivity contribution in [1.82, 2.24) is 14.7 Å². The molecule has 2 fully saturated rings. The van der Waals surface area contributed by atoms with Crippen molar-refractivity contribution in [2.75, 3.05) is 52.9 Å². The number of benzene rings is 1. The van der Waals surface area contributed by atoms with E-state index < -0.39 is 0 Å². The lowest BCUT2D eigenvalue weighted by Crippen LogP contribution is -2.46. The van der Waals surface area contributed by atoms with E-state index in [1.807, 2.05) is 6.07 Å². The van der Waals surface area contributed by atoms with E-state index in [0.717, 1.165) is 70.6 Å². The predicted octanol–water partition coefficient (Wildman–Crippen LogP) is 3.27. The van der Waals surface area contributed by atoms with Crippen LogP contribution in [0.3, 0.4) is 0 Å². The van der Waals surface area contributed by atoms with Crippen molar-refractivity contribution < 1.29 is 9.18 Å². The molecule has 28 heavy (non-hydrogen) atoms. The van der Waals surface area contributed by atoms with Crippen molar-refractivity contribution in [3.05, 3.63) is 35.6 Å². The summed E-state index contributed by atoms with van der Waals surface area (Å²) in [4.78, 5) is 19.9. The van der Waals surface area contributed by atoms with E-state index >= 15 is 0 Å². The van der Waals surface area contributed by atoms with Crippen LogP contribution in [0.15, 0.2) is 24.3 Å². The number of hydrogen-bond donors (Lipinski definition) is 0. The standard InChI is InChI=1S/C23H36FN3O/c1-3-27(23(28)21-10-13-25(2)14-11-21)18-20-7-5-12-26(17-20)15-9-19-6-4-8-22(24)16-19/h4,6,8,16,20-21H,3,5,7,9-15,17-18H2,1-2H3. The van der Waals surface area contributed by atoms with Crippen LogP contribution in [0.2, 0.25) is 0 Å². The van der Waals surface area contributed by atoms with Gasteiger partial charge in [0.05, 0.1) is 0 Å². The molecule has 1 aromatic rings. The number of likely N-dealkylation sites (tertiary alicyclic amines) is 2. The Kier molecular flexibility index (Phi) is 7.86. The normalized spacial score (nSPS) is 22.3. The number of carbonyl (C=O) groups is 1. The highest BCUT2D eigenvalue weighted by Crippen LogP contribution is 2.22. The van der Waals surface area contributed by atoms with Gasteiger partial charge in [0.1, 0.15) is 5.82 Å². The lowest BCUT2D eigenvalue weighted by Gasteiger charge is -2.37. The summed E-state index contributed by atoms with van der Waals surface area (Å²) >= 11 is 0. The molecule has 2 heterocycles. The van der Waals surface area contributed by atoms with Gasteiger partial charge in [-0.1, -0.05) is 12.1 Å². The SMILES string of the molecule is CCN(CC1CCCN(CCc2cccc(F)c2)C1)C(=O)C1CCN(C)CC1. The largest absolute Gasteiger partial charge is 0.342 e. The summed E-state index contributed by atoms with van der Waals surface area (Å²) in [5.74, 6) is 0.979. The van der Waals surface area contributed by atoms with E-state index in [1.54, 1.807) is 12.1 Å². The first-order valence-corrected chi connectivity index (χ1v) is 11.0. The minimum atomic E-state index is -0.153. The number of hydrogen-bond acceptors (Lipinski definition) is 3. The maximum absolute atomic E-state index is 13.4. The van der Waals surface area contributed by atoms with Crippen LogP contribution in [-0.2, 0) is 11.2 Å². The van der Waals surface area contributed by atoms with Gasteiger partial charge in [0, 0.05) is 32.1 Å². The van der Waals surface area contributed by atoms with Crippen LogP contribution in [0.1, 0.15) is 38.2 Å². The van der Waals surface area contributed by atoms with E-state index in [1.165, 1.54) is 18.9 Å². The second-order valence-corrected chi connectivity index (χ2v) is 8.64. The predicted molar refractivity (Wildman–Crippen MR) is 112 cm³/mol. The van der Waals surface area contributed by atoms with Gasteiger partial charge in [-0.05, 0) is 89.3 Å². The minimum absolute atomic E-state index is 0.153. The van der Waals surface area contributed by atoms with Gasteiger partial charge in [-0.2, -0.15) is 0 Å². The molecule has 0 N–H and O–H groups in total. The Hall–Kier alpha value is -1.46. The van der Waals surface area contributed by atoms with E-state index in [0.29, 0.717) is 11.8 Å². The Morgan fingerprint density at radius 2 is 2.00 bits per heavy atom. The van der Waals surface area contributed by atoms with Gasteiger partial charge in [-0.25, -0.2) is 4.39 Å². The molecule has 0 spiro atoms. The monoisotopic (exact) mass is 389 g/mol. The molecule has 1 unspecified atom stereocenters. The van der Waals surface area contributed by atoms with Crippen molar-refractivity contribution in [3.63, 3.8) is 0 Å². The number of rotatable bonds is 7. The summed E-state index contributed by atoms with van der Waals surface area (Å²) in [5, 5.41) is 0. The highest BCUT2D eigenvalue weighted by molar-refractivity contribution is 5.79. The highest BCUT2D eigenvalue weighted by atomic mass is 19.1. The molecular formula is C23H36FN3O. The average molecular weight is 390 g/mol. The Bertz CT molecular complexity index is 630. The molecule has 1 amide bonds. The summed E-state index contributed by atoms with van der Waals surface area (Å²) in [6, 6.07) is 6.93. The lowest BCUT2D eigenvalue weighted by atomic mass is 9.93. The quantitative estimate of drug-likeness (QED) is 0.716. The van der Waals surface area contributed by atoms with Gasteiger partial charge in [-0.15, -0.1) is 0 Å². The van der Waals surface area contributed by atoms with Crippen LogP contribution in [-0.4, -0.2) is 73.5 Å². The van der Waals surface area contributed by atoms with E-state index in [2.05, 4.69) is 28.7 Å². The molecule has 2 saturated heterocycles. The van der Waals surface area contributed by atoms with Crippen molar-refractivity contribution in [1.29, 1.82) is 0 Å².